The van der Waals surface area contributed by atoms with Crippen molar-refractivity contribution in [2.45, 2.75) is 38.5 Å². The van der Waals surface area contributed by atoms with E-state index in [1.807, 2.05) is 42.5 Å². The van der Waals surface area contributed by atoms with Crippen LogP contribution in [-0.4, -0.2) is 31.0 Å². The van der Waals surface area contributed by atoms with Crippen LogP contribution in [-0.2, 0) is 16.0 Å². The number of esters is 2. The van der Waals surface area contributed by atoms with Crippen LogP contribution in [0.3, 0.4) is 0 Å². The molecule has 0 atom stereocenters. The number of hydrogen-bond donors (Lipinski definition) is 2. The van der Waals surface area contributed by atoms with Gasteiger partial charge in [0.1, 0.15) is 5.75 Å². The Kier molecular flexibility index (Phi) is 9.51. The van der Waals surface area contributed by atoms with Gasteiger partial charge in [-0.25, -0.2) is 4.79 Å². The van der Waals surface area contributed by atoms with Crippen LogP contribution in [0.2, 0.25) is 0 Å². The van der Waals surface area contributed by atoms with Crippen molar-refractivity contribution >= 4 is 17.9 Å². The lowest BCUT2D eigenvalue weighted by atomic mass is 9.82. The Morgan fingerprint density at radius 3 is 2.08 bits per heavy atom. The summed E-state index contributed by atoms with van der Waals surface area (Å²) < 4.78 is 11.1. The van der Waals surface area contributed by atoms with Crippen molar-refractivity contribution in [3.8, 4) is 16.9 Å². The minimum Gasteiger partial charge on any atom is -0.462 e. The second-order valence-corrected chi connectivity index (χ2v) is 9.73. The number of benzene rings is 3. The Morgan fingerprint density at radius 2 is 1.45 bits per heavy atom. The number of carbonyl (C=O) groups excluding carboxylic acids is 2. The molecule has 1 aliphatic carbocycles. The van der Waals surface area contributed by atoms with Gasteiger partial charge in [-0.3, -0.25) is 9.79 Å². The number of nitrogens with zero attached hydrogens (tertiary/aromatic N) is 1. The molecule has 38 heavy (non-hydrogen) atoms. The van der Waals surface area contributed by atoms with E-state index in [1.54, 1.807) is 24.3 Å². The van der Waals surface area contributed by atoms with Gasteiger partial charge in [0.05, 0.1) is 18.1 Å². The summed E-state index contributed by atoms with van der Waals surface area (Å²) in [7, 11) is 0. The first-order valence-corrected chi connectivity index (χ1v) is 13.2. The van der Waals surface area contributed by atoms with Gasteiger partial charge >= 0.3 is 11.9 Å². The largest absolute Gasteiger partial charge is 0.462 e. The van der Waals surface area contributed by atoms with Crippen LogP contribution in [0.4, 0.5) is 0 Å². The smallest absolute Gasteiger partial charge is 0.338 e. The third kappa shape index (κ3) is 7.93. The average Bonchev–Trinajstić information content (AvgIpc) is 2.95. The van der Waals surface area contributed by atoms with Gasteiger partial charge in [0, 0.05) is 6.54 Å². The van der Waals surface area contributed by atoms with Crippen molar-refractivity contribution < 1.29 is 19.1 Å². The van der Waals surface area contributed by atoms with E-state index in [4.69, 9.17) is 20.9 Å². The summed E-state index contributed by atoms with van der Waals surface area (Å²) in [5.74, 6) is 0.432. The lowest BCUT2D eigenvalue weighted by Crippen LogP contribution is -2.28. The molecule has 4 rings (SSSR count). The fraction of sp³-hybridized carbons (Fsp3) is 0.323. The highest BCUT2D eigenvalue weighted by Gasteiger charge is 2.27. The Balaban J connectivity index is 1.22. The third-order valence-electron chi connectivity index (χ3n) is 6.92. The average molecular weight is 514 g/mol. The van der Waals surface area contributed by atoms with Gasteiger partial charge in [0.15, 0.2) is 5.96 Å². The van der Waals surface area contributed by atoms with Crippen LogP contribution in [0.1, 0.15) is 48.0 Å². The molecule has 7 heteroatoms. The quantitative estimate of drug-likeness (QED) is 0.128. The Hall–Kier alpha value is -4.13. The molecular weight excluding hydrogens is 478 g/mol. The molecule has 3 aromatic carbocycles. The second-order valence-electron chi connectivity index (χ2n) is 9.73. The summed E-state index contributed by atoms with van der Waals surface area (Å²) >= 11 is 0. The number of carbonyl (C=O) groups is 2. The topological polar surface area (TPSA) is 117 Å². The summed E-state index contributed by atoms with van der Waals surface area (Å²) in [5.41, 5.74) is 14.5. The number of aryl methyl sites for hydroxylation is 1. The number of nitrogens with two attached hydrogens (primary N) is 2. The van der Waals surface area contributed by atoms with Gasteiger partial charge in [0.25, 0.3) is 0 Å². The molecule has 0 saturated heterocycles. The van der Waals surface area contributed by atoms with Crippen LogP contribution in [0.5, 0.6) is 5.75 Å². The highest BCUT2D eigenvalue weighted by molar-refractivity contribution is 5.90. The number of aliphatic imine (C=N–C) groups is 1. The molecule has 0 aliphatic heterocycles. The first-order chi connectivity index (χ1) is 18.5. The zero-order valence-electron chi connectivity index (χ0n) is 21.6. The second kappa shape index (κ2) is 13.4. The summed E-state index contributed by atoms with van der Waals surface area (Å²) in [4.78, 5) is 29.1. The predicted molar refractivity (Wildman–Crippen MR) is 149 cm³/mol. The van der Waals surface area contributed by atoms with Crippen molar-refractivity contribution in [2.24, 2.45) is 28.3 Å². The minimum absolute atomic E-state index is 0.101. The van der Waals surface area contributed by atoms with Crippen LogP contribution >= 0.6 is 0 Å². The van der Waals surface area contributed by atoms with Gasteiger partial charge in [-0.05, 0) is 85.4 Å². The molecule has 7 nitrogen and oxygen atoms in total. The Morgan fingerprint density at radius 1 is 0.816 bits per heavy atom. The van der Waals surface area contributed by atoms with Gasteiger partial charge in [-0.2, -0.15) is 0 Å². The fourth-order valence-electron chi connectivity index (χ4n) is 4.70. The molecule has 4 N–H and O–H groups in total. The first kappa shape index (κ1) is 26.9. The number of guanidine groups is 1. The summed E-state index contributed by atoms with van der Waals surface area (Å²) in [5, 5.41) is 0. The molecule has 0 radical (unpaired) electrons. The molecule has 0 heterocycles. The van der Waals surface area contributed by atoms with E-state index in [-0.39, 0.29) is 23.8 Å². The van der Waals surface area contributed by atoms with Gasteiger partial charge in [-0.1, -0.05) is 54.6 Å². The van der Waals surface area contributed by atoms with E-state index >= 15 is 0 Å². The normalized spacial score (nSPS) is 16.8. The van der Waals surface area contributed by atoms with E-state index in [0.29, 0.717) is 30.4 Å². The molecule has 198 valence electrons. The lowest BCUT2D eigenvalue weighted by molar-refractivity contribution is -0.140. The first-order valence-electron chi connectivity index (χ1n) is 13.2. The van der Waals surface area contributed by atoms with E-state index in [0.717, 1.165) is 49.7 Å². The number of hydrogen-bond acceptors (Lipinski definition) is 5. The SMILES string of the molecule is NC(N)=NCC1CCC(C(=O)Oc2ccc(-c3ccc(C(=O)OCCCc4ccccc4)cc3)cc2)CC1. The summed E-state index contributed by atoms with van der Waals surface area (Å²) in [6.45, 7) is 0.998. The zero-order valence-corrected chi connectivity index (χ0v) is 21.6. The molecule has 1 aliphatic rings. The predicted octanol–water partition coefficient (Wildman–Crippen LogP) is 5.13. The maximum absolute atomic E-state index is 12.6. The van der Waals surface area contributed by atoms with Crippen molar-refractivity contribution in [1.29, 1.82) is 0 Å². The van der Waals surface area contributed by atoms with Gasteiger partial charge < -0.3 is 20.9 Å². The standard InChI is InChI=1S/C31H35N3O4/c32-31(33)34-21-23-8-10-27(11-9-23)30(36)38-28-18-16-25(17-19-28)24-12-14-26(15-13-24)29(35)37-20-4-7-22-5-2-1-3-6-22/h1-3,5-6,12-19,23,27H,4,7-11,20-21H2,(H4,32,33,34). The maximum atomic E-state index is 12.6. The van der Waals surface area contributed by atoms with Crippen molar-refractivity contribution in [2.75, 3.05) is 13.2 Å². The number of ether oxygens (including phenoxy) is 2. The van der Waals surface area contributed by atoms with E-state index in [9.17, 15) is 9.59 Å². The van der Waals surface area contributed by atoms with Crippen molar-refractivity contribution in [3.05, 3.63) is 90.0 Å². The summed E-state index contributed by atoms with van der Waals surface area (Å²) in [6, 6.07) is 24.9. The third-order valence-corrected chi connectivity index (χ3v) is 6.92. The van der Waals surface area contributed by atoms with Crippen LogP contribution in [0.15, 0.2) is 83.9 Å². The van der Waals surface area contributed by atoms with E-state index in [1.165, 1.54) is 5.56 Å². The molecule has 0 unspecified atom stereocenters. The van der Waals surface area contributed by atoms with Gasteiger partial charge in [-0.15, -0.1) is 0 Å². The van der Waals surface area contributed by atoms with E-state index < -0.39 is 0 Å². The van der Waals surface area contributed by atoms with Crippen molar-refractivity contribution in [1.82, 2.24) is 0 Å². The molecular formula is C31H35N3O4. The molecule has 0 aromatic heterocycles. The zero-order chi connectivity index (χ0) is 26.7. The maximum Gasteiger partial charge on any atom is 0.338 e. The Labute approximate surface area is 223 Å². The Bertz CT molecular complexity index is 1210. The van der Waals surface area contributed by atoms with Crippen LogP contribution < -0.4 is 16.2 Å². The van der Waals surface area contributed by atoms with Crippen molar-refractivity contribution in [3.63, 3.8) is 0 Å². The lowest BCUT2D eigenvalue weighted by Gasteiger charge is -2.26. The fourth-order valence-corrected chi connectivity index (χ4v) is 4.70. The van der Waals surface area contributed by atoms with E-state index in [2.05, 4.69) is 17.1 Å². The summed E-state index contributed by atoms with van der Waals surface area (Å²) in [6.07, 6.45) is 5.04. The molecule has 0 amide bonds. The van der Waals surface area contributed by atoms with Crippen LogP contribution in [0, 0.1) is 11.8 Å². The monoisotopic (exact) mass is 513 g/mol. The highest BCUT2D eigenvalue weighted by Crippen LogP contribution is 2.31. The molecule has 1 fully saturated rings. The molecule has 1 saturated carbocycles. The highest BCUT2D eigenvalue weighted by atomic mass is 16.5. The number of rotatable bonds is 10. The molecule has 0 bridgehead atoms. The molecule has 0 spiro atoms. The van der Waals surface area contributed by atoms with Crippen LogP contribution in [0.25, 0.3) is 11.1 Å². The van der Waals surface area contributed by atoms with Gasteiger partial charge in [0.2, 0.25) is 0 Å². The molecule has 3 aromatic rings. The minimum atomic E-state index is -0.322.